The van der Waals surface area contributed by atoms with E-state index in [1.807, 2.05) is 32.0 Å². The Balaban J connectivity index is 1.67. The molecule has 1 aliphatic heterocycles. The molecule has 1 aliphatic rings. The highest BCUT2D eigenvalue weighted by atomic mass is 35.5. The Kier molecular flexibility index (Phi) is 6.39. The molecular weight excluding hydrogens is 364 g/mol. The van der Waals surface area contributed by atoms with Crippen LogP contribution in [0.5, 0.6) is 0 Å². The lowest BCUT2D eigenvalue weighted by Gasteiger charge is -2.38. The molecule has 0 atom stereocenters. The van der Waals surface area contributed by atoms with Gasteiger partial charge in [-0.3, -0.25) is 4.99 Å². The molecule has 0 radical (unpaired) electrons. The molecule has 2 N–H and O–H groups in total. The Bertz CT molecular complexity index is 778. The molecule has 2 heterocycles. The minimum Gasteiger partial charge on any atom is -0.444 e. The van der Waals surface area contributed by atoms with Gasteiger partial charge < -0.3 is 19.8 Å². The summed E-state index contributed by atoms with van der Waals surface area (Å²) in [5.41, 5.74) is 2.00. The molecule has 0 amide bonds. The van der Waals surface area contributed by atoms with Gasteiger partial charge in [0.2, 0.25) is 5.89 Å². The summed E-state index contributed by atoms with van der Waals surface area (Å²) in [5.74, 6) is 2.20. The molecule has 0 unspecified atom stereocenters. The van der Waals surface area contributed by atoms with E-state index in [-0.39, 0.29) is 5.41 Å². The normalized spacial score (nSPS) is 17.0. The van der Waals surface area contributed by atoms with Crippen LogP contribution in [0, 0.1) is 13.8 Å². The molecular formula is C20H27ClN4O2. The fourth-order valence-electron chi connectivity index (χ4n) is 3.44. The van der Waals surface area contributed by atoms with Crippen LogP contribution in [0.2, 0.25) is 5.02 Å². The van der Waals surface area contributed by atoms with Gasteiger partial charge in [0.05, 0.1) is 12.2 Å². The minimum atomic E-state index is -0.0790. The predicted octanol–water partition coefficient (Wildman–Crippen LogP) is 3.36. The van der Waals surface area contributed by atoms with Gasteiger partial charge in [-0.15, -0.1) is 0 Å². The van der Waals surface area contributed by atoms with Gasteiger partial charge in [0.15, 0.2) is 5.96 Å². The molecule has 0 bridgehead atoms. The van der Waals surface area contributed by atoms with Crippen molar-refractivity contribution in [2.24, 2.45) is 4.99 Å². The van der Waals surface area contributed by atoms with Gasteiger partial charge in [-0.2, -0.15) is 0 Å². The fourth-order valence-corrected chi connectivity index (χ4v) is 3.78. The summed E-state index contributed by atoms with van der Waals surface area (Å²) in [6, 6.07) is 8.07. The molecule has 3 rings (SSSR count). The topological polar surface area (TPSA) is 71.7 Å². The number of guanidine groups is 1. The van der Waals surface area contributed by atoms with Crippen molar-refractivity contribution < 1.29 is 9.15 Å². The lowest BCUT2D eigenvalue weighted by Crippen LogP contribution is -2.48. The largest absolute Gasteiger partial charge is 0.444 e. The number of nitrogens with one attached hydrogen (secondary N) is 2. The van der Waals surface area contributed by atoms with E-state index in [0.717, 1.165) is 54.6 Å². The van der Waals surface area contributed by atoms with E-state index >= 15 is 0 Å². The summed E-state index contributed by atoms with van der Waals surface area (Å²) in [5, 5.41) is 7.52. The third-order valence-electron chi connectivity index (χ3n) is 5.19. The SMILES string of the molecule is CN=C(NCc1nc(C)c(C)o1)NCC1(c2ccccc2Cl)CCOCC1. The lowest BCUT2D eigenvalue weighted by molar-refractivity contribution is 0.0514. The van der Waals surface area contributed by atoms with Crippen LogP contribution in [0.3, 0.4) is 0 Å². The van der Waals surface area contributed by atoms with Crippen LogP contribution in [-0.2, 0) is 16.7 Å². The molecule has 0 aliphatic carbocycles. The Morgan fingerprint density at radius 1 is 1.22 bits per heavy atom. The van der Waals surface area contributed by atoms with E-state index in [4.69, 9.17) is 20.8 Å². The first kappa shape index (κ1) is 19.7. The van der Waals surface area contributed by atoms with E-state index in [1.54, 1.807) is 7.05 Å². The summed E-state index contributed by atoms with van der Waals surface area (Å²) < 4.78 is 11.2. The van der Waals surface area contributed by atoms with Crippen LogP contribution in [0.1, 0.15) is 35.7 Å². The van der Waals surface area contributed by atoms with Crippen LogP contribution in [0.15, 0.2) is 33.7 Å². The van der Waals surface area contributed by atoms with Crippen LogP contribution >= 0.6 is 11.6 Å². The van der Waals surface area contributed by atoms with Gasteiger partial charge >= 0.3 is 0 Å². The second-order valence-corrected chi connectivity index (χ2v) is 7.31. The average Bonchev–Trinajstić information content (AvgIpc) is 3.00. The first-order valence-corrected chi connectivity index (χ1v) is 9.62. The molecule has 1 saturated heterocycles. The third kappa shape index (κ3) is 4.62. The second kappa shape index (κ2) is 8.76. The Labute approximate surface area is 165 Å². The summed E-state index contributed by atoms with van der Waals surface area (Å²) in [6.07, 6.45) is 1.83. The number of aliphatic imine (C=N–C) groups is 1. The molecule has 27 heavy (non-hydrogen) atoms. The lowest BCUT2D eigenvalue weighted by atomic mass is 9.74. The zero-order valence-corrected chi connectivity index (χ0v) is 16.9. The van der Waals surface area contributed by atoms with E-state index in [9.17, 15) is 0 Å². The van der Waals surface area contributed by atoms with Gasteiger partial charge in [-0.1, -0.05) is 29.8 Å². The van der Waals surface area contributed by atoms with E-state index in [1.165, 1.54) is 0 Å². The Hall–Kier alpha value is -2.05. The number of hydrogen-bond acceptors (Lipinski definition) is 4. The summed E-state index contributed by atoms with van der Waals surface area (Å²) in [4.78, 5) is 8.72. The standard InChI is InChI=1S/C20H27ClN4O2/c1-14-15(2)27-18(25-14)12-23-19(22-3)24-13-20(8-10-26-11-9-20)16-6-4-5-7-17(16)21/h4-7H,8-13H2,1-3H3,(H2,22,23,24). The number of nitrogens with zero attached hydrogens (tertiary/aromatic N) is 2. The average molecular weight is 391 g/mol. The quantitative estimate of drug-likeness (QED) is 0.605. The zero-order valence-electron chi connectivity index (χ0n) is 16.1. The molecule has 0 spiro atoms. The van der Waals surface area contributed by atoms with Gasteiger partial charge in [-0.25, -0.2) is 4.98 Å². The smallest absolute Gasteiger partial charge is 0.214 e. The van der Waals surface area contributed by atoms with E-state index in [2.05, 4.69) is 26.7 Å². The summed E-state index contributed by atoms with van der Waals surface area (Å²) in [7, 11) is 1.76. The van der Waals surface area contributed by atoms with Crippen molar-refractivity contribution in [1.29, 1.82) is 0 Å². The van der Waals surface area contributed by atoms with Crippen molar-refractivity contribution in [2.75, 3.05) is 26.8 Å². The maximum atomic E-state index is 6.52. The first-order valence-electron chi connectivity index (χ1n) is 9.24. The van der Waals surface area contributed by atoms with E-state index in [0.29, 0.717) is 18.4 Å². The van der Waals surface area contributed by atoms with Gasteiger partial charge in [0.1, 0.15) is 5.76 Å². The highest BCUT2D eigenvalue weighted by molar-refractivity contribution is 6.31. The number of aromatic nitrogens is 1. The number of hydrogen-bond donors (Lipinski definition) is 2. The number of benzene rings is 1. The van der Waals surface area contributed by atoms with Crippen LogP contribution in [0.4, 0.5) is 0 Å². The third-order valence-corrected chi connectivity index (χ3v) is 5.52. The Morgan fingerprint density at radius 2 is 1.96 bits per heavy atom. The molecule has 146 valence electrons. The minimum absolute atomic E-state index is 0.0790. The number of ether oxygens (including phenoxy) is 1. The van der Waals surface area contributed by atoms with Crippen LogP contribution in [0.25, 0.3) is 0 Å². The zero-order chi connectivity index (χ0) is 19.3. The molecule has 1 aromatic carbocycles. The first-order chi connectivity index (χ1) is 13.0. The van der Waals surface area contributed by atoms with Crippen molar-refractivity contribution in [3.63, 3.8) is 0 Å². The molecule has 2 aromatic rings. The number of aryl methyl sites for hydroxylation is 2. The van der Waals surface area contributed by atoms with Crippen LogP contribution < -0.4 is 10.6 Å². The van der Waals surface area contributed by atoms with Crippen molar-refractivity contribution in [2.45, 2.75) is 38.6 Å². The van der Waals surface area contributed by atoms with Crippen molar-refractivity contribution in [1.82, 2.24) is 15.6 Å². The number of rotatable bonds is 5. The molecule has 1 aromatic heterocycles. The highest BCUT2D eigenvalue weighted by Crippen LogP contribution is 2.38. The maximum Gasteiger partial charge on any atom is 0.214 e. The van der Waals surface area contributed by atoms with Crippen molar-refractivity contribution >= 4 is 17.6 Å². The van der Waals surface area contributed by atoms with E-state index < -0.39 is 0 Å². The maximum absolute atomic E-state index is 6.52. The Morgan fingerprint density at radius 3 is 2.59 bits per heavy atom. The van der Waals surface area contributed by atoms with Crippen molar-refractivity contribution in [3.8, 4) is 0 Å². The molecule has 6 nitrogen and oxygen atoms in total. The summed E-state index contributed by atoms with van der Waals surface area (Å²) >= 11 is 6.52. The number of halogens is 1. The molecule has 1 fully saturated rings. The number of oxazole rings is 1. The van der Waals surface area contributed by atoms with Crippen molar-refractivity contribution in [3.05, 3.63) is 52.2 Å². The molecule has 7 heteroatoms. The summed E-state index contributed by atoms with van der Waals surface area (Å²) in [6.45, 7) is 6.52. The van der Waals surface area contributed by atoms with Gasteiger partial charge in [-0.05, 0) is 38.3 Å². The van der Waals surface area contributed by atoms with Gasteiger partial charge in [0, 0.05) is 37.2 Å². The fraction of sp³-hybridized carbons (Fsp3) is 0.500. The second-order valence-electron chi connectivity index (χ2n) is 6.90. The van der Waals surface area contributed by atoms with Gasteiger partial charge in [0.25, 0.3) is 0 Å². The predicted molar refractivity (Wildman–Crippen MR) is 107 cm³/mol. The van der Waals surface area contributed by atoms with Crippen LogP contribution in [-0.4, -0.2) is 37.7 Å². The molecule has 0 saturated carbocycles. The highest BCUT2D eigenvalue weighted by Gasteiger charge is 2.36. The monoisotopic (exact) mass is 390 g/mol.